The molecule has 2 aliphatic heterocycles. The van der Waals surface area contributed by atoms with Crippen LogP contribution in [0.1, 0.15) is 169 Å². The van der Waals surface area contributed by atoms with Gasteiger partial charge in [-0.15, -0.1) is 0 Å². The van der Waals surface area contributed by atoms with Crippen LogP contribution in [-0.2, 0) is 37.9 Å². The number of para-hydroxylation sites is 3. The quantitative estimate of drug-likeness (QED) is 0.148. The van der Waals surface area contributed by atoms with E-state index < -0.39 is 0 Å². The molecule has 5 heterocycles. The Morgan fingerprint density at radius 3 is 0.909 bits per heavy atom. The molecule has 3 aromatic heterocycles. The van der Waals surface area contributed by atoms with Gasteiger partial charge in [0, 0.05) is 77.8 Å². The Labute approximate surface area is 649 Å². The minimum Gasteiger partial charge on any atom is -0.311 e. The summed E-state index contributed by atoms with van der Waals surface area (Å²) in [7, 11) is 0. The molecule has 0 amide bonds. The lowest BCUT2D eigenvalue weighted by atomic mass is 9.33. The van der Waals surface area contributed by atoms with Crippen molar-refractivity contribution in [3.63, 3.8) is 0 Å². The third-order valence-electron chi connectivity index (χ3n) is 26.1. The monoisotopic (exact) mass is 1430 g/mol. The maximum absolute atomic E-state index is 2.65. The van der Waals surface area contributed by atoms with Crippen LogP contribution < -0.4 is 26.2 Å². The van der Waals surface area contributed by atoms with Crippen LogP contribution in [-0.4, -0.2) is 20.4 Å². The van der Waals surface area contributed by atoms with E-state index in [0.717, 1.165) is 64.0 Å². The highest BCUT2D eigenvalue weighted by Crippen LogP contribution is 2.54. The molecule has 5 nitrogen and oxygen atoms in total. The molecule has 20 rings (SSSR count). The van der Waals surface area contributed by atoms with Gasteiger partial charge in [-0.25, -0.2) is 0 Å². The molecular formula is C104H98BN5. The molecule has 0 bridgehead atoms. The van der Waals surface area contributed by atoms with Gasteiger partial charge >= 0.3 is 0 Å². The van der Waals surface area contributed by atoms with Crippen molar-refractivity contribution < 1.29 is 0 Å². The van der Waals surface area contributed by atoms with Gasteiger partial charge in [-0.05, 0) is 244 Å². The van der Waals surface area contributed by atoms with Crippen LogP contribution in [0.25, 0.3) is 105 Å². The summed E-state index contributed by atoms with van der Waals surface area (Å²) < 4.78 is 7.64. The van der Waals surface area contributed by atoms with Crippen molar-refractivity contribution in [2.24, 2.45) is 0 Å². The second-order valence-electron chi connectivity index (χ2n) is 38.5. The zero-order valence-corrected chi connectivity index (χ0v) is 67.1. The molecule has 0 N–H and O–H groups in total. The average molecular weight is 1430 g/mol. The van der Waals surface area contributed by atoms with Crippen molar-refractivity contribution in [2.75, 3.05) is 9.80 Å². The highest BCUT2D eigenvalue weighted by molar-refractivity contribution is 7.00. The van der Waals surface area contributed by atoms with Gasteiger partial charge in [-0.3, -0.25) is 0 Å². The van der Waals surface area contributed by atoms with E-state index in [2.05, 4.69) is 402 Å². The molecule has 0 unspecified atom stereocenters. The Kier molecular flexibility index (Phi) is 14.4. The molecule has 0 fully saturated rings. The van der Waals surface area contributed by atoms with Gasteiger partial charge < -0.3 is 23.5 Å². The van der Waals surface area contributed by atoms with Gasteiger partial charge in [0.2, 0.25) is 0 Å². The Bertz CT molecular complexity index is 6270. The lowest BCUT2D eigenvalue weighted by Crippen LogP contribution is -2.61. The molecule has 16 aromatic rings. The molecule has 110 heavy (non-hydrogen) atoms. The highest BCUT2D eigenvalue weighted by atomic mass is 15.2. The number of hydrogen-bond donors (Lipinski definition) is 0. The fraction of sp³-hybridized carbons (Fsp3) is 0.250. The topological polar surface area (TPSA) is 21.3 Å². The first-order valence-electron chi connectivity index (χ1n) is 40.1. The lowest BCUT2D eigenvalue weighted by molar-refractivity contribution is 0.402. The number of aromatic nitrogens is 3. The number of anilines is 6. The van der Waals surface area contributed by atoms with Gasteiger partial charge in [0.25, 0.3) is 6.71 Å². The number of benzene rings is 13. The average Bonchev–Trinajstić information content (AvgIpc) is 0.924. The van der Waals surface area contributed by atoms with Crippen molar-refractivity contribution in [1.82, 2.24) is 13.7 Å². The van der Waals surface area contributed by atoms with E-state index >= 15 is 0 Å². The van der Waals surface area contributed by atoms with Crippen molar-refractivity contribution in [2.45, 2.75) is 168 Å². The molecule has 4 aliphatic rings. The third-order valence-corrected chi connectivity index (χ3v) is 26.1. The van der Waals surface area contributed by atoms with E-state index in [9.17, 15) is 0 Å². The Morgan fingerprint density at radius 1 is 0.255 bits per heavy atom. The van der Waals surface area contributed by atoms with Crippen molar-refractivity contribution in [3.8, 4) is 39.3 Å². The number of nitrogens with zero attached hydrogens (tertiary/aromatic N) is 5. The summed E-state index contributed by atoms with van der Waals surface area (Å²) in [6.07, 6.45) is 2.25. The van der Waals surface area contributed by atoms with E-state index in [-0.39, 0.29) is 44.6 Å². The number of hydrogen-bond acceptors (Lipinski definition) is 2. The van der Waals surface area contributed by atoms with Gasteiger partial charge in [0.1, 0.15) is 0 Å². The van der Waals surface area contributed by atoms with Crippen LogP contribution in [0.2, 0.25) is 0 Å². The minimum atomic E-state index is -0.196. The van der Waals surface area contributed by atoms with Crippen molar-refractivity contribution >= 4 is 123 Å². The Balaban J connectivity index is 0.885. The summed E-state index contributed by atoms with van der Waals surface area (Å²) in [6.45, 7) is 40.2. The van der Waals surface area contributed by atoms with Gasteiger partial charge in [-0.1, -0.05) is 263 Å². The number of fused-ring (bicyclic) bond motifs is 15. The van der Waals surface area contributed by atoms with Crippen molar-refractivity contribution in [3.05, 3.63) is 300 Å². The normalized spacial score (nSPS) is 16.0. The molecule has 0 radical (unpaired) electrons. The van der Waals surface area contributed by atoms with Crippen LogP contribution >= 0.6 is 0 Å². The SMILES string of the molecule is CC(C)(C)c1ccc2c(c1)c1ccccc1n2-c1ccc2c(c1)N(c1ccc(-c3ccc4c(c3)C(C)(C)CC4(C)C)cc1)c1cc(-n3c4ccccc4c4cc(C(C)(C)C)ccc43)cc3c1B2c1ccc(-n2c4ccccc4c4cc(C(C)(C)C)ccc42)cc1N3c1ccc(-c2ccc3c(c2)C(C)(C)CC3(C)C)cc1. The predicted octanol–water partition coefficient (Wildman–Crippen LogP) is 26.2. The summed E-state index contributed by atoms with van der Waals surface area (Å²) in [6, 6.07) is 103. The van der Waals surface area contributed by atoms with Gasteiger partial charge in [-0.2, -0.15) is 0 Å². The van der Waals surface area contributed by atoms with Gasteiger partial charge in [0.15, 0.2) is 0 Å². The maximum Gasteiger partial charge on any atom is 0.252 e. The largest absolute Gasteiger partial charge is 0.311 e. The molecule has 0 saturated heterocycles. The fourth-order valence-corrected chi connectivity index (χ4v) is 21.0. The number of rotatable bonds is 7. The summed E-state index contributed by atoms with van der Waals surface area (Å²) in [5.41, 5.74) is 36.0. The molecule has 13 aromatic carbocycles. The summed E-state index contributed by atoms with van der Waals surface area (Å²) in [5, 5.41) is 7.52. The molecule has 0 saturated carbocycles. The fourth-order valence-electron chi connectivity index (χ4n) is 21.0. The second kappa shape index (κ2) is 23.2. The summed E-state index contributed by atoms with van der Waals surface area (Å²) >= 11 is 0. The standard InChI is InChI=1S/C104H98BN5/c1-98(2,3)67-36-49-90-78(54-67)75-24-18-21-27-87(75)108(90)72-43-47-85-93(57-72)106(70-39-30-63(31-40-70)65-34-45-81-83(52-65)103(14,15)61-101(81,10)11)95-59-74(110-89-29-23-20-26-77(89)80-56-69(100(7,8)9)38-51-92(80)110)60-96-97(95)105(85)86-48-44-73(109-88-28-22-19-25-76(88)79-55-68(99(4,5)6)37-50-91(79)109)58-94(86)107(96)71-41-32-64(33-42-71)66-35-46-82-84(53-66)104(16,17)62-102(82,12)13/h18-60H,61-62H2,1-17H3. The van der Waals surface area contributed by atoms with E-state index in [1.54, 1.807) is 0 Å². The zero-order valence-electron chi connectivity index (χ0n) is 67.1. The van der Waals surface area contributed by atoms with E-state index in [0.29, 0.717) is 0 Å². The molecule has 542 valence electrons. The Morgan fingerprint density at radius 2 is 0.555 bits per heavy atom. The molecule has 0 atom stereocenters. The highest BCUT2D eigenvalue weighted by Gasteiger charge is 2.47. The van der Waals surface area contributed by atoms with Crippen LogP contribution in [0.5, 0.6) is 0 Å². The first-order chi connectivity index (χ1) is 52.4. The lowest BCUT2D eigenvalue weighted by Gasteiger charge is -2.44. The molecule has 0 spiro atoms. The van der Waals surface area contributed by atoms with E-state index in [1.165, 1.54) is 143 Å². The maximum atomic E-state index is 2.65. The first-order valence-corrected chi connectivity index (χ1v) is 40.1. The van der Waals surface area contributed by atoms with E-state index in [4.69, 9.17) is 0 Å². The summed E-state index contributed by atoms with van der Waals surface area (Å²) in [5.74, 6) is 0. The Hall–Kier alpha value is -11.1. The molecule has 6 heteroatoms. The molecular weight excluding hydrogens is 1330 g/mol. The van der Waals surface area contributed by atoms with E-state index in [1.807, 2.05) is 0 Å². The smallest absolute Gasteiger partial charge is 0.252 e. The van der Waals surface area contributed by atoms with Crippen molar-refractivity contribution in [1.29, 1.82) is 0 Å². The minimum absolute atomic E-state index is 0.0274. The third kappa shape index (κ3) is 10.3. The van der Waals surface area contributed by atoms with Crippen LogP contribution in [0.4, 0.5) is 34.1 Å². The molecule has 2 aliphatic carbocycles. The predicted molar refractivity (Wildman–Crippen MR) is 472 cm³/mol. The first kappa shape index (κ1) is 68.2. The second-order valence-corrected chi connectivity index (χ2v) is 38.5. The zero-order chi connectivity index (χ0) is 76.0. The van der Waals surface area contributed by atoms with Crippen LogP contribution in [0, 0.1) is 0 Å². The van der Waals surface area contributed by atoms with Gasteiger partial charge in [0.05, 0.1) is 38.8 Å². The van der Waals surface area contributed by atoms with Crippen LogP contribution in [0.3, 0.4) is 0 Å². The summed E-state index contributed by atoms with van der Waals surface area (Å²) in [4.78, 5) is 5.29. The van der Waals surface area contributed by atoms with Crippen LogP contribution in [0.15, 0.2) is 261 Å².